The molecule has 1 saturated carbocycles. The predicted molar refractivity (Wildman–Crippen MR) is 56.2 cm³/mol. The van der Waals surface area contributed by atoms with Crippen LogP contribution in [-0.4, -0.2) is 0 Å². The molecule has 2 heteroatoms. The molecule has 0 N–H and O–H groups in total. The number of halogens is 2. The van der Waals surface area contributed by atoms with Crippen LogP contribution in [0.3, 0.4) is 0 Å². The van der Waals surface area contributed by atoms with Crippen molar-refractivity contribution in [1.82, 2.24) is 0 Å². The summed E-state index contributed by atoms with van der Waals surface area (Å²) in [4.78, 5) is 0. The second-order valence-electron chi connectivity index (χ2n) is 3.33. The minimum atomic E-state index is -0.123. The molecule has 0 unspecified atom stereocenters. The van der Waals surface area contributed by atoms with E-state index < -0.39 is 0 Å². The van der Waals surface area contributed by atoms with Crippen LogP contribution in [0.25, 0.3) is 0 Å². The number of rotatable bonds is 1. The molecule has 1 fully saturated rings. The minimum Gasteiger partial charge on any atom is -0.119 e. The molecule has 1 aromatic rings. The van der Waals surface area contributed by atoms with Crippen molar-refractivity contribution in [1.29, 1.82) is 0 Å². The van der Waals surface area contributed by atoms with Gasteiger partial charge in [-0.15, -0.1) is 6.42 Å². The highest BCUT2D eigenvalue weighted by Gasteiger charge is 2.44. The Balaban J connectivity index is 2.54. The van der Waals surface area contributed by atoms with Gasteiger partial charge in [0.25, 0.3) is 0 Å². The molecule has 1 aromatic carbocycles. The fourth-order valence-electron chi connectivity index (χ4n) is 1.49. The average molecular weight is 211 g/mol. The van der Waals surface area contributed by atoms with Gasteiger partial charge < -0.3 is 0 Å². The molecule has 0 nitrogen and oxygen atoms in total. The first-order valence-electron chi connectivity index (χ1n) is 4.12. The molecule has 0 heterocycles. The molecule has 0 aromatic heterocycles. The standard InChI is InChI=1S/C11H8Cl2/c1-2-11(6-7-11)8-4-3-5-9(12)10(8)13/h1,3-5H,6-7H2. The summed E-state index contributed by atoms with van der Waals surface area (Å²) < 4.78 is 0. The molecule has 66 valence electrons. The zero-order chi connectivity index (χ0) is 9.47. The van der Waals surface area contributed by atoms with Crippen LogP contribution in [-0.2, 0) is 5.41 Å². The molecule has 1 aliphatic carbocycles. The third-order valence-corrected chi connectivity index (χ3v) is 3.31. The Morgan fingerprint density at radius 2 is 2.00 bits per heavy atom. The SMILES string of the molecule is C#CC1(c2cccc(Cl)c2Cl)CC1. The molecule has 1 aliphatic rings. The molecule has 13 heavy (non-hydrogen) atoms. The van der Waals surface area contributed by atoms with E-state index in [0.29, 0.717) is 10.0 Å². The van der Waals surface area contributed by atoms with Crippen LogP contribution in [0.5, 0.6) is 0 Å². The Morgan fingerprint density at radius 1 is 1.31 bits per heavy atom. The van der Waals surface area contributed by atoms with E-state index in [4.69, 9.17) is 29.6 Å². The number of hydrogen-bond donors (Lipinski definition) is 0. The molecule has 0 atom stereocenters. The van der Waals surface area contributed by atoms with E-state index >= 15 is 0 Å². The number of hydrogen-bond acceptors (Lipinski definition) is 0. The smallest absolute Gasteiger partial charge is 0.0639 e. The second-order valence-corrected chi connectivity index (χ2v) is 4.11. The molecule has 0 saturated heterocycles. The van der Waals surface area contributed by atoms with Crippen LogP contribution in [0.4, 0.5) is 0 Å². The van der Waals surface area contributed by atoms with E-state index in [0.717, 1.165) is 18.4 Å². The van der Waals surface area contributed by atoms with Crippen molar-refractivity contribution < 1.29 is 0 Å². The molecular weight excluding hydrogens is 203 g/mol. The van der Waals surface area contributed by atoms with Gasteiger partial charge in [-0.2, -0.15) is 0 Å². The third kappa shape index (κ3) is 1.33. The summed E-state index contributed by atoms with van der Waals surface area (Å²) >= 11 is 12.0. The van der Waals surface area contributed by atoms with E-state index in [2.05, 4.69) is 5.92 Å². The van der Waals surface area contributed by atoms with E-state index in [1.165, 1.54) is 0 Å². The lowest BCUT2D eigenvalue weighted by molar-refractivity contribution is 0.931. The molecule has 0 bridgehead atoms. The Bertz CT molecular complexity index is 384. The third-order valence-electron chi connectivity index (χ3n) is 2.49. The Hall–Kier alpha value is -0.640. The van der Waals surface area contributed by atoms with Crippen LogP contribution < -0.4 is 0 Å². The summed E-state index contributed by atoms with van der Waals surface area (Å²) in [6.45, 7) is 0. The van der Waals surface area contributed by atoms with E-state index in [-0.39, 0.29) is 5.41 Å². The Kier molecular flexibility index (Phi) is 2.02. The van der Waals surface area contributed by atoms with Crippen molar-refractivity contribution in [2.75, 3.05) is 0 Å². The summed E-state index contributed by atoms with van der Waals surface area (Å²) in [5.41, 5.74) is 0.881. The van der Waals surface area contributed by atoms with Crippen LogP contribution in [0.2, 0.25) is 10.0 Å². The van der Waals surface area contributed by atoms with E-state index in [1.807, 2.05) is 12.1 Å². The van der Waals surface area contributed by atoms with Gasteiger partial charge in [0.2, 0.25) is 0 Å². The zero-order valence-electron chi connectivity index (χ0n) is 6.98. The van der Waals surface area contributed by atoms with Gasteiger partial charge in [0.15, 0.2) is 0 Å². The Morgan fingerprint density at radius 3 is 2.54 bits per heavy atom. The van der Waals surface area contributed by atoms with Gasteiger partial charge in [-0.25, -0.2) is 0 Å². The summed E-state index contributed by atoms with van der Waals surface area (Å²) in [7, 11) is 0. The average Bonchev–Trinajstić information content (AvgIpc) is 2.90. The first-order chi connectivity index (χ1) is 6.19. The molecule has 0 radical (unpaired) electrons. The lowest BCUT2D eigenvalue weighted by Gasteiger charge is -2.10. The monoisotopic (exact) mass is 210 g/mol. The maximum absolute atomic E-state index is 6.07. The first kappa shape index (κ1) is 8.94. The molecular formula is C11H8Cl2. The summed E-state index contributed by atoms with van der Waals surface area (Å²) in [6.07, 6.45) is 7.50. The maximum Gasteiger partial charge on any atom is 0.0639 e. The van der Waals surface area contributed by atoms with Crippen molar-refractivity contribution in [3.05, 3.63) is 33.8 Å². The van der Waals surface area contributed by atoms with Crippen molar-refractivity contribution in [3.8, 4) is 12.3 Å². The molecule has 0 amide bonds. The fraction of sp³-hybridized carbons (Fsp3) is 0.273. The van der Waals surface area contributed by atoms with Crippen LogP contribution in [0.15, 0.2) is 18.2 Å². The van der Waals surface area contributed by atoms with Crippen LogP contribution >= 0.6 is 23.2 Å². The topological polar surface area (TPSA) is 0 Å². The lowest BCUT2D eigenvalue weighted by atomic mass is 9.97. The number of terminal acetylenes is 1. The summed E-state index contributed by atoms with van der Waals surface area (Å²) in [6, 6.07) is 5.63. The zero-order valence-corrected chi connectivity index (χ0v) is 8.49. The van der Waals surface area contributed by atoms with E-state index in [9.17, 15) is 0 Å². The van der Waals surface area contributed by atoms with Crippen molar-refractivity contribution in [3.63, 3.8) is 0 Å². The molecule has 0 spiro atoms. The quantitative estimate of drug-likeness (QED) is 0.622. The first-order valence-corrected chi connectivity index (χ1v) is 4.87. The lowest BCUT2D eigenvalue weighted by Crippen LogP contribution is -2.03. The molecule has 2 rings (SSSR count). The number of benzene rings is 1. The van der Waals surface area contributed by atoms with Gasteiger partial charge >= 0.3 is 0 Å². The van der Waals surface area contributed by atoms with Gasteiger partial charge in [-0.1, -0.05) is 41.3 Å². The fourth-order valence-corrected chi connectivity index (χ4v) is 1.97. The Labute approximate surface area is 87.9 Å². The highest BCUT2D eigenvalue weighted by Crippen LogP contribution is 2.50. The largest absolute Gasteiger partial charge is 0.119 e. The van der Waals surface area contributed by atoms with E-state index in [1.54, 1.807) is 6.07 Å². The van der Waals surface area contributed by atoms with Crippen molar-refractivity contribution in [2.45, 2.75) is 18.3 Å². The van der Waals surface area contributed by atoms with Gasteiger partial charge in [0.05, 0.1) is 15.5 Å². The van der Waals surface area contributed by atoms with Gasteiger partial charge in [-0.3, -0.25) is 0 Å². The highest BCUT2D eigenvalue weighted by atomic mass is 35.5. The van der Waals surface area contributed by atoms with Gasteiger partial charge in [0, 0.05) is 0 Å². The van der Waals surface area contributed by atoms with Gasteiger partial charge in [0.1, 0.15) is 0 Å². The maximum atomic E-state index is 6.07. The van der Waals surface area contributed by atoms with Gasteiger partial charge in [-0.05, 0) is 24.5 Å². The normalized spacial score (nSPS) is 17.9. The van der Waals surface area contributed by atoms with Crippen LogP contribution in [0, 0.1) is 12.3 Å². The summed E-state index contributed by atoms with van der Waals surface area (Å²) in [5.74, 6) is 2.79. The van der Waals surface area contributed by atoms with Crippen molar-refractivity contribution >= 4 is 23.2 Å². The predicted octanol–water partition coefficient (Wildman–Crippen LogP) is 3.66. The highest BCUT2D eigenvalue weighted by molar-refractivity contribution is 6.42. The summed E-state index contributed by atoms with van der Waals surface area (Å²) in [5, 5.41) is 1.19. The second kappa shape index (κ2) is 2.94. The minimum absolute atomic E-state index is 0.123. The van der Waals surface area contributed by atoms with Crippen molar-refractivity contribution in [2.24, 2.45) is 0 Å². The van der Waals surface area contributed by atoms with Crippen LogP contribution in [0.1, 0.15) is 18.4 Å². The molecule has 0 aliphatic heterocycles.